The lowest BCUT2D eigenvalue weighted by atomic mass is 9.87. The summed E-state index contributed by atoms with van der Waals surface area (Å²) in [5, 5.41) is 4.05. The molecular weight excluding hydrogens is 434 g/mol. The SMILES string of the molecule is Cc1oc(-c2ccc(Cl)cc2)nc1CN1CCC(C(=O)N[C@@H]2CCCc3ccccc32)CC1. The van der Waals surface area contributed by atoms with Crippen molar-refractivity contribution in [2.24, 2.45) is 5.92 Å². The van der Waals surface area contributed by atoms with E-state index >= 15 is 0 Å². The minimum Gasteiger partial charge on any atom is -0.441 e. The highest BCUT2D eigenvalue weighted by molar-refractivity contribution is 6.30. The first-order valence-electron chi connectivity index (χ1n) is 11.9. The van der Waals surface area contributed by atoms with E-state index in [1.165, 1.54) is 11.1 Å². The first kappa shape index (κ1) is 22.2. The van der Waals surface area contributed by atoms with E-state index in [1.54, 1.807) is 0 Å². The number of halogens is 1. The lowest BCUT2D eigenvalue weighted by Gasteiger charge is -2.33. The van der Waals surface area contributed by atoms with Crippen LogP contribution in [0.1, 0.15) is 54.3 Å². The Kier molecular flexibility index (Phi) is 6.52. The summed E-state index contributed by atoms with van der Waals surface area (Å²) in [6.07, 6.45) is 5.03. The first-order chi connectivity index (χ1) is 16.1. The Morgan fingerprint density at radius 2 is 1.88 bits per heavy atom. The van der Waals surface area contributed by atoms with Crippen LogP contribution in [0.5, 0.6) is 0 Å². The number of likely N-dealkylation sites (tertiary alicyclic amines) is 1. The summed E-state index contributed by atoms with van der Waals surface area (Å²) in [5.41, 5.74) is 4.56. The fraction of sp³-hybridized carbons (Fsp3) is 0.407. The molecule has 1 aliphatic carbocycles. The van der Waals surface area contributed by atoms with Crippen molar-refractivity contribution in [3.05, 3.63) is 76.1 Å². The number of nitrogens with zero attached hydrogens (tertiary/aromatic N) is 2. The van der Waals surface area contributed by atoms with Gasteiger partial charge in [-0.3, -0.25) is 9.69 Å². The molecule has 1 aliphatic heterocycles. The number of benzene rings is 2. The van der Waals surface area contributed by atoms with Gasteiger partial charge in [0.2, 0.25) is 11.8 Å². The molecule has 1 atom stereocenters. The number of piperidine rings is 1. The van der Waals surface area contributed by atoms with Crippen LogP contribution in [-0.2, 0) is 17.8 Å². The molecule has 1 aromatic heterocycles. The molecule has 1 fully saturated rings. The smallest absolute Gasteiger partial charge is 0.226 e. The molecule has 2 heterocycles. The molecule has 1 saturated heterocycles. The van der Waals surface area contributed by atoms with E-state index in [2.05, 4.69) is 34.5 Å². The van der Waals surface area contributed by atoms with Gasteiger partial charge in [0.25, 0.3) is 0 Å². The Bertz CT molecular complexity index is 1120. The minimum absolute atomic E-state index is 0.0818. The largest absolute Gasteiger partial charge is 0.441 e. The molecule has 0 bridgehead atoms. The van der Waals surface area contributed by atoms with E-state index in [9.17, 15) is 4.79 Å². The molecule has 1 N–H and O–H groups in total. The third kappa shape index (κ3) is 4.99. The van der Waals surface area contributed by atoms with Crippen LogP contribution >= 0.6 is 11.6 Å². The second kappa shape index (κ2) is 9.70. The van der Waals surface area contributed by atoms with Gasteiger partial charge in [-0.25, -0.2) is 4.98 Å². The van der Waals surface area contributed by atoms with E-state index in [4.69, 9.17) is 21.0 Å². The number of hydrogen-bond donors (Lipinski definition) is 1. The fourth-order valence-corrected chi connectivity index (χ4v) is 5.18. The van der Waals surface area contributed by atoms with Crippen LogP contribution in [0, 0.1) is 12.8 Å². The molecule has 172 valence electrons. The number of aryl methyl sites for hydroxylation is 2. The van der Waals surface area contributed by atoms with Gasteiger partial charge in [0.05, 0.1) is 11.7 Å². The Labute approximate surface area is 200 Å². The Morgan fingerprint density at radius 3 is 2.67 bits per heavy atom. The number of hydrogen-bond acceptors (Lipinski definition) is 4. The molecule has 0 unspecified atom stereocenters. The number of carbonyl (C=O) groups is 1. The van der Waals surface area contributed by atoms with Crippen molar-refractivity contribution in [1.82, 2.24) is 15.2 Å². The average Bonchev–Trinajstić information content (AvgIpc) is 3.20. The highest BCUT2D eigenvalue weighted by Crippen LogP contribution is 2.31. The van der Waals surface area contributed by atoms with E-state index in [0.717, 1.165) is 68.8 Å². The number of amides is 1. The van der Waals surface area contributed by atoms with Crippen LogP contribution in [-0.4, -0.2) is 28.9 Å². The van der Waals surface area contributed by atoms with Gasteiger partial charge in [0, 0.05) is 23.0 Å². The van der Waals surface area contributed by atoms with Crippen molar-refractivity contribution < 1.29 is 9.21 Å². The fourth-order valence-electron chi connectivity index (χ4n) is 5.05. The van der Waals surface area contributed by atoms with Crippen molar-refractivity contribution in [3.63, 3.8) is 0 Å². The predicted octanol–water partition coefficient (Wildman–Crippen LogP) is 5.71. The van der Waals surface area contributed by atoms with Crippen LogP contribution < -0.4 is 5.32 Å². The maximum Gasteiger partial charge on any atom is 0.226 e. The number of aromatic nitrogens is 1. The quantitative estimate of drug-likeness (QED) is 0.526. The van der Waals surface area contributed by atoms with Gasteiger partial charge in [0.1, 0.15) is 5.76 Å². The summed E-state index contributed by atoms with van der Waals surface area (Å²) in [6.45, 7) is 4.49. The molecule has 2 aromatic carbocycles. The average molecular weight is 464 g/mol. The number of fused-ring (bicyclic) bond motifs is 1. The third-order valence-corrected chi connectivity index (χ3v) is 7.25. The van der Waals surface area contributed by atoms with Crippen LogP contribution in [0.3, 0.4) is 0 Å². The van der Waals surface area contributed by atoms with Crippen molar-refractivity contribution in [3.8, 4) is 11.5 Å². The highest BCUT2D eigenvalue weighted by Gasteiger charge is 2.29. The van der Waals surface area contributed by atoms with Gasteiger partial charge in [-0.05, 0) is 87.5 Å². The number of rotatable bonds is 5. The zero-order valence-corrected chi connectivity index (χ0v) is 19.8. The van der Waals surface area contributed by atoms with Crippen molar-refractivity contribution >= 4 is 17.5 Å². The molecule has 0 saturated carbocycles. The maximum absolute atomic E-state index is 13.0. The van der Waals surface area contributed by atoms with E-state index in [-0.39, 0.29) is 17.9 Å². The molecule has 5 nitrogen and oxygen atoms in total. The lowest BCUT2D eigenvalue weighted by molar-refractivity contribution is -0.127. The topological polar surface area (TPSA) is 58.4 Å². The first-order valence-corrected chi connectivity index (χ1v) is 12.3. The summed E-state index contributed by atoms with van der Waals surface area (Å²) >= 11 is 5.99. The lowest BCUT2D eigenvalue weighted by Crippen LogP contribution is -2.42. The van der Waals surface area contributed by atoms with Crippen LogP contribution in [0.25, 0.3) is 11.5 Å². The molecule has 2 aliphatic rings. The normalized spacial score (nSPS) is 19.3. The zero-order valence-electron chi connectivity index (χ0n) is 19.0. The Morgan fingerprint density at radius 1 is 1.12 bits per heavy atom. The van der Waals surface area contributed by atoms with Crippen LogP contribution in [0.2, 0.25) is 5.02 Å². The van der Waals surface area contributed by atoms with Crippen molar-refractivity contribution in [1.29, 1.82) is 0 Å². The van der Waals surface area contributed by atoms with Gasteiger partial charge < -0.3 is 9.73 Å². The van der Waals surface area contributed by atoms with Gasteiger partial charge >= 0.3 is 0 Å². The molecule has 0 radical (unpaired) electrons. The molecule has 0 spiro atoms. The molecule has 3 aromatic rings. The second-order valence-electron chi connectivity index (χ2n) is 9.23. The van der Waals surface area contributed by atoms with Gasteiger partial charge in [0.15, 0.2) is 0 Å². The summed E-state index contributed by atoms with van der Waals surface area (Å²) in [7, 11) is 0. The number of nitrogens with one attached hydrogen (secondary N) is 1. The maximum atomic E-state index is 13.0. The zero-order chi connectivity index (χ0) is 22.8. The van der Waals surface area contributed by atoms with Gasteiger partial charge in [-0.2, -0.15) is 0 Å². The summed E-state index contributed by atoms with van der Waals surface area (Å²) in [5.74, 6) is 1.76. The minimum atomic E-state index is 0.0818. The van der Waals surface area contributed by atoms with Gasteiger partial charge in [-0.1, -0.05) is 35.9 Å². The van der Waals surface area contributed by atoms with E-state index < -0.39 is 0 Å². The van der Waals surface area contributed by atoms with E-state index in [1.807, 2.05) is 31.2 Å². The third-order valence-electron chi connectivity index (χ3n) is 7.00. The molecular formula is C27H30ClN3O2. The number of oxazole rings is 1. The molecule has 6 heteroatoms. The Hall–Kier alpha value is -2.63. The van der Waals surface area contributed by atoms with Crippen LogP contribution in [0.15, 0.2) is 52.9 Å². The van der Waals surface area contributed by atoms with Crippen LogP contribution in [0.4, 0.5) is 0 Å². The highest BCUT2D eigenvalue weighted by atomic mass is 35.5. The Balaban J connectivity index is 1.16. The molecule has 5 rings (SSSR count). The van der Waals surface area contributed by atoms with Crippen molar-refractivity contribution in [2.75, 3.05) is 13.1 Å². The number of carbonyl (C=O) groups excluding carboxylic acids is 1. The molecule has 1 amide bonds. The summed E-state index contributed by atoms with van der Waals surface area (Å²) < 4.78 is 5.91. The summed E-state index contributed by atoms with van der Waals surface area (Å²) in [4.78, 5) is 20.1. The van der Waals surface area contributed by atoms with Gasteiger partial charge in [-0.15, -0.1) is 0 Å². The second-order valence-corrected chi connectivity index (χ2v) is 9.67. The van der Waals surface area contributed by atoms with Crippen molar-refractivity contribution in [2.45, 2.75) is 51.6 Å². The standard InChI is InChI=1S/C27H30ClN3O2/c1-18-25(30-27(33-18)21-9-11-22(28)12-10-21)17-31-15-13-20(14-16-31)26(32)29-24-8-4-6-19-5-2-3-7-23(19)24/h2-3,5,7,9-12,20,24H,4,6,8,13-17H2,1H3,(H,29,32)/t24-/m1/s1. The monoisotopic (exact) mass is 463 g/mol. The predicted molar refractivity (Wildman–Crippen MR) is 130 cm³/mol. The van der Waals surface area contributed by atoms with E-state index in [0.29, 0.717) is 10.9 Å². The molecule has 33 heavy (non-hydrogen) atoms. The summed E-state index contributed by atoms with van der Waals surface area (Å²) in [6, 6.07) is 16.2.